The molecule has 2 aromatic heterocycles. The van der Waals surface area contributed by atoms with E-state index in [1.807, 2.05) is 13.0 Å². The molecule has 0 spiro atoms. The van der Waals surface area contributed by atoms with Crippen LogP contribution in [0.3, 0.4) is 0 Å². The van der Waals surface area contributed by atoms with E-state index < -0.39 is 0 Å². The van der Waals surface area contributed by atoms with Gasteiger partial charge in [-0.2, -0.15) is 0 Å². The molecule has 0 atom stereocenters. The fourth-order valence-corrected chi connectivity index (χ4v) is 4.88. The summed E-state index contributed by atoms with van der Waals surface area (Å²) >= 11 is 0. The Kier molecular flexibility index (Phi) is 7.04. The van der Waals surface area contributed by atoms with Crippen LogP contribution in [-0.2, 0) is 11.2 Å². The predicted molar refractivity (Wildman–Crippen MR) is 134 cm³/mol. The summed E-state index contributed by atoms with van der Waals surface area (Å²) in [6.07, 6.45) is 9.70. The first-order valence-corrected chi connectivity index (χ1v) is 12.5. The zero-order valence-corrected chi connectivity index (χ0v) is 20.2. The van der Waals surface area contributed by atoms with Crippen LogP contribution in [0.15, 0.2) is 30.6 Å². The van der Waals surface area contributed by atoms with Crippen LogP contribution in [0.5, 0.6) is 5.75 Å². The number of nitrogens with one attached hydrogen (secondary N) is 1. The van der Waals surface area contributed by atoms with Crippen molar-refractivity contribution in [3.8, 4) is 5.75 Å². The van der Waals surface area contributed by atoms with Gasteiger partial charge in [-0.15, -0.1) is 0 Å². The van der Waals surface area contributed by atoms with Crippen molar-refractivity contribution in [3.05, 3.63) is 42.1 Å². The van der Waals surface area contributed by atoms with E-state index in [1.165, 1.54) is 0 Å². The van der Waals surface area contributed by atoms with Gasteiger partial charge < -0.3 is 19.7 Å². The molecule has 2 fully saturated rings. The van der Waals surface area contributed by atoms with Crippen molar-refractivity contribution in [2.75, 3.05) is 36.5 Å². The maximum Gasteiger partial charge on any atom is 0.149 e. The lowest BCUT2D eigenvalue weighted by Gasteiger charge is -2.31. The lowest BCUT2D eigenvalue weighted by molar-refractivity contribution is 0.122. The second kappa shape index (κ2) is 10.5. The Hall–Kier alpha value is -3.00. The van der Waals surface area contributed by atoms with Gasteiger partial charge >= 0.3 is 0 Å². The maximum absolute atomic E-state index is 6.55. The molecule has 8 heteroatoms. The van der Waals surface area contributed by atoms with Gasteiger partial charge in [0, 0.05) is 61.5 Å². The fourth-order valence-electron chi connectivity index (χ4n) is 4.88. The number of ether oxygens (including phenoxy) is 2. The van der Waals surface area contributed by atoms with Crippen molar-refractivity contribution >= 4 is 22.5 Å². The molecule has 8 nitrogen and oxygen atoms in total. The lowest BCUT2D eigenvalue weighted by atomic mass is 9.93. The highest BCUT2D eigenvalue weighted by molar-refractivity contribution is 5.85. The highest BCUT2D eigenvalue weighted by atomic mass is 16.5. The van der Waals surface area contributed by atoms with Gasteiger partial charge in [0.2, 0.25) is 0 Å². The van der Waals surface area contributed by atoms with E-state index in [2.05, 4.69) is 44.2 Å². The van der Waals surface area contributed by atoms with Crippen molar-refractivity contribution in [2.45, 2.75) is 64.5 Å². The summed E-state index contributed by atoms with van der Waals surface area (Å²) in [5, 5.41) is 3.64. The van der Waals surface area contributed by atoms with Gasteiger partial charge in [-0.05, 0) is 45.1 Å². The quantitative estimate of drug-likeness (QED) is 0.556. The van der Waals surface area contributed by atoms with E-state index in [9.17, 15) is 0 Å². The summed E-state index contributed by atoms with van der Waals surface area (Å²) in [7, 11) is 0. The molecule has 1 aromatic carbocycles. The molecule has 1 aliphatic carbocycles. The van der Waals surface area contributed by atoms with E-state index >= 15 is 0 Å². The Balaban J connectivity index is 1.25. The van der Waals surface area contributed by atoms with Crippen molar-refractivity contribution in [1.29, 1.82) is 0 Å². The molecule has 180 valence electrons. The number of fused-ring (bicyclic) bond motifs is 1. The van der Waals surface area contributed by atoms with Crippen LogP contribution in [0.4, 0.5) is 11.5 Å². The average Bonchev–Trinajstić information content (AvgIpc) is 2.85. The molecule has 3 heterocycles. The van der Waals surface area contributed by atoms with E-state index in [4.69, 9.17) is 14.5 Å². The first-order chi connectivity index (χ1) is 16.7. The minimum absolute atomic E-state index is 0.172. The number of hydrogen-bond acceptors (Lipinski definition) is 8. The molecule has 0 unspecified atom stereocenters. The highest BCUT2D eigenvalue weighted by Crippen LogP contribution is 2.33. The summed E-state index contributed by atoms with van der Waals surface area (Å²) in [5.41, 5.74) is 3.85. The third-order valence-corrected chi connectivity index (χ3v) is 6.59. The first-order valence-electron chi connectivity index (χ1n) is 12.5. The molecule has 1 N–H and O–H groups in total. The summed E-state index contributed by atoms with van der Waals surface area (Å²) in [4.78, 5) is 20.7. The lowest BCUT2D eigenvalue weighted by Crippen LogP contribution is -2.36. The van der Waals surface area contributed by atoms with E-state index in [0.717, 1.165) is 105 Å². The number of benzene rings is 1. The Morgan fingerprint density at radius 1 is 1.03 bits per heavy atom. The number of aryl methyl sites for hydroxylation is 2. The van der Waals surface area contributed by atoms with E-state index in [-0.39, 0.29) is 6.10 Å². The number of aromatic nitrogens is 4. The number of rotatable bonds is 7. The van der Waals surface area contributed by atoms with E-state index in [0.29, 0.717) is 6.04 Å². The maximum atomic E-state index is 6.55. The number of anilines is 2. The monoisotopic (exact) mass is 462 g/mol. The zero-order valence-electron chi connectivity index (χ0n) is 20.2. The molecular formula is C26H34N6O2. The van der Waals surface area contributed by atoms with Gasteiger partial charge in [-0.3, -0.25) is 4.98 Å². The first kappa shape index (κ1) is 22.8. The molecule has 0 bridgehead atoms. The predicted octanol–water partition coefficient (Wildman–Crippen LogP) is 4.32. The molecule has 1 aliphatic heterocycles. The standard InChI is InChI=1S/C26H34N6O2/c1-3-4-24-29-18(2)15-25(31-24)30-19-5-7-21(8-6-19)34-23-17-20(32-11-13-33-14-12-32)16-22-26(23)28-10-9-27-22/h9-10,15-17,19,21H,3-8,11-14H2,1-2H3,(H,29,30,31). The molecule has 0 radical (unpaired) electrons. The van der Waals surface area contributed by atoms with Crippen molar-refractivity contribution in [2.24, 2.45) is 0 Å². The topological polar surface area (TPSA) is 85.3 Å². The van der Waals surface area contributed by atoms with Gasteiger partial charge in [0.25, 0.3) is 0 Å². The smallest absolute Gasteiger partial charge is 0.149 e. The summed E-state index contributed by atoms with van der Waals surface area (Å²) in [6, 6.07) is 6.69. The van der Waals surface area contributed by atoms with Gasteiger partial charge in [0.15, 0.2) is 0 Å². The third-order valence-electron chi connectivity index (χ3n) is 6.59. The molecule has 2 aliphatic rings. The van der Waals surface area contributed by atoms with Crippen LogP contribution in [0.1, 0.15) is 50.5 Å². The molecule has 3 aromatic rings. The highest BCUT2D eigenvalue weighted by Gasteiger charge is 2.24. The number of nitrogens with zero attached hydrogens (tertiary/aromatic N) is 5. The van der Waals surface area contributed by atoms with Crippen molar-refractivity contribution in [3.63, 3.8) is 0 Å². The van der Waals surface area contributed by atoms with Gasteiger partial charge in [0.1, 0.15) is 22.9 Å². The number of hydrogen-bond donors (Lipinski definition) is 1. The molecule has 1 saturated heterocycles. The van der Waals surface area contributed by atoms with Crippen LogP contribution >= 0.6 is 0 Å². The SMILES string of the molecule is CCCc1nc(C)cc(NC2CCC(Oc3cc(N4CCOCC4)cc4nccnc34)CC2)n1. The molecule has 1 saturated carbocycles. The number of morpholine rings is 1. The Morgan fingerprint density at radius 3 is 2.62 bits per heavy atom. The molecule has 5 rings (SSSR count). The summed E-state index contributed by atoms with van der Waals surface area (Å²) in [6.45, 7) is 7.45. The Bertz CT molecular complexity index is 1110. The van der Waals surface area contributed by atoms with Gasteiger partial charge in [0.05, 0.1) is 24.8 Å². The normalized spacial score (nSPS) is 20.9. The molecular weight excluding hydrogens is 428 g/mol. The van der Waals surface area contributed by atoms with Crippen molar-refractivity contribution < 1.29 is 9.47 Å². The second-order valence-electron chi connectivity index (χ2n) is 9.26. The minimum Gasteiger partial charge on any atom is -0.488 e. The molecule has 0 amide bonds. The third kappa shape index (κ3) is 5.38. The average molecular weight is 463 g/mol. The van der Waals surface area contributed by atoms with Crippen LogP contribution in [0.2, 0.25) is 0 Å². The fraction of sp³-hybridized carbons (Fsp3) is 0.538. The Labute approximate surface area is 201 Å². The molecule has 34 heavy (non-hydrogen) atoms. The largest absolute Gasteiger partial charge is 0.488 e. The van der Waals surface area contributed by atoms with Crippen molar-refractivity contribution in [1.82, 2.24) is 19.9 Å². The van der Waals surface area contributed by atoms with Crippen LogP contribution in [0.25, 0.3) is 11.0 Å². The Morgan fingerprint density at radius 2 is 1.82 bits per heavy atom. The summed E-state index contributed by atoms with van der Waals surface area (Å²) in [5.74, 6) is 2.70. The van der Waals surface area contributed by atoms with Gasteiger partial charge in [-0.1, -0.05) is 6.92 Å². The van der Waals surface area contributed by atoms with Crippen LogP contribution < -0.4 is 15.0 Å². The zero-order chi connectivity index (χ0) is 23.3. The van der Waals surface area contributed by atoms with Gasteiger partial charge in [-0.25, -0.2) is 15.0 Å². The minimum atomic E-state index is 0.172. The van der Waals surface area contributed by atoms with E-state index in [1.54, 1.807) is 12.4 Å². The second-order valence-corrected chi connectivity index (χ2v) is 9.26. The van der Waals surface area contributed by atoms with Crippen LogP contribution in [0, 0.1) is 6.92 Å². The van der Waals surface area contributed by atoms with Crippen LogP contribution in [-0.4, -0.2) is 58.4 Å². The summed E-state index contributed by atoms with van der Waals surface area (Å²) < 4.78 is 12.1.